The molecular formula is C26H33N7O4. The minimum atomic E-state index is -1.01. The topological polar surface area (TPSA) is 124 Å². The van der Waals surface area contributed by atoms with Crippen molar-refractivity contribution in [2.45, 2.75) is 24.5 Å². The number of hydrogen-bond donors (Lipinski definition) is 2. The van der Waals surface area contributed by atoms with Gasteiger partial charge in [-0.25, -0.2) is 9.97 Å². The van der Waals surface area contributed by atoms with Crippen LogP contribution in [-0.2, 0) is 15.1 Å². The number of likely N-dealkylation sites (tertiary alicyclic amines) is 1. The van der Waals surface area contributed by atoms with Gasteiger partial charge in [0.15, 0.2) is 11.6 Å². The monoisotopic (exact) mass is 507 g/mol. The van der Waals surface area contributed by atoms with E-state index in [1.54, 1.807) is 12.4 Å². The predicted octanol–water partition coefficient (Wildman–Crippen LogP) is 2.04. The number of anilines is 2. The summed E-state index contributed by atoms with van der Waals surface area (Å²) < 4.78 is 18.9. The number of nitrogen functional groups attached to an aromatic ring is 1. The van der Waals surface area contributed by atoms with Crippen LogP contribution in [0.3, 0.4) is 0 Å². The summed E-state index contributed by atoms with van der Waals surface area (Å²) in [6, 6.07) is 6.37. The number of hydrogen-bond acceptors (Lipinski definition) is 10. The molecule has 37 heavy (non-hydrogen) atoms. The van der Waals surface area contributed by atoms with E-state index in [4.69, 9.17) is 24.9 Å². The highest BCUT2D eigenvalue weighted by Crippen LogP contribution is 2.36. The molecule has 5 heterocycles. The molecule has 0 saturated carbocycles. The summed E-state index contributed by atoms with van der Waals surface area (Å²) in [7, 11) is 2.14. The van der Waals surface area contributed by atoms with Gasteiger partial charge in [-0.1, -0.05) is 0 Å². The predicted molar refractivity (Wildman–Crippen MR) is 138 cm³/mol. The third-order valence-corrected chi connectivity index (χ3v) is 7.43. The highest BCUT2D eigenvalue weighted by molar-refractivity contribution is 5.69. The van der Waals surface area contributed by atoms with Crippen LogP contribution < -0.4 is 15.4 Å². The first-order valence-electron chi connectivity index (χ1n) is 12.8. The van der Waals surface area contributed by atoms with Crippen LogP contribution in [0.25, 0.3) is 11.3 Å². The summed E-state index contributed by atoms with van der Waals surface area (Å²) in [5.41, 5.74) is 8.34. The molecule has 3 aliphatic rings. The van der Waals surface area contributed by atoms with Crippen molar-refractivity contribution in [3.8, 4) is 22.9 Å². The number of morpholine rings is 1. The number of aliphatic hydroxyl groups is 1. The Morgan fingerprint density at radius 1 is 1.05 bits per heavy atom. The Labute approximate surface area is 215 Å². The number of benzene rings is 1. The van der Waals surface area contributed by atoms with Crippen LogP contribution in [0.5, 0.6) is 11.6 Å². The van der Waals surface area contributed by atoms with Crippen molar-refractivity contribution in [3.63, 3.8) is 0 Å². The molecule has 11 heteroatoms. The Morgan fingerprint density at radius 2 is 1.84 bits per heavy atom. The van der Waals surface area contributed by atoms with Crippen molar-refractivity contribution >= 4 is 11.5 Å². The number of nitrogens with two attached hydrogens (primary N) is 1. The van der Waals surface area contributed by atoms with Gasteiger partial charge in [0.2, 0.25) is 0 Å². The van der Waals surface area contributed by atoms with Gasteiger partial charge in [0.05, 0.1) is 56.8 Å². The van der Waals surface area contributed by atoms with Gasteiger partial charge in [-0.3, -0.25) is 4.68 Å². The van der Waals surface area contributed by atoms with Gasteiger partial charge in [0, 0.05) is 24.3 Å². The molecule has 3 aliphatic heterocycles. The van der Waals surface area contributed by atoms with Crippen LogP contribution in [0.1, 0.15) is 24.4 Å². The lowest BCUT2D eigenvalue weighted by Crippen LogP contribution is -2.46. The minimum Gasteiger partial charge on any atom is -0.433 e. The second-order valence-corrected chi connectivity index (χ2v) is 10.1. The molecule has 3 aromatic rings. The Kier molecular flexibility index (Phi) is 6.45. The first kappa shape index (κ1) is 24.1. The van der Waals surface area contributed by atoms with E-state index in [-0.39, 0.29) is 24.9 Å². The smallest absolute Gasteiger partial charge is 0.263 e. The fraction of sp³-hybridized carbons (Fsp3) is 0.500. The van der Waals surface area contributed by atoms with Gasteiger partial charge in [0.1, 0.15) is 5.60 Å². The van der Waals surface area contributed by atoms with E-state index in [1.165, 1.54) is 0 Å². The van der Waals surface area contributed by atoms with Crippen LogP contribution in [0, 0.1) is 0 Å². The average Bonchev–Trinajstić information content (AvgIpc) is 3.37. The third kappa shape index (κ3) is 4.99. The van der Waals surface area contributed by atoms with Gasteiger partial charge < -0.3 is 34.9 Å². The van der Waals surface area contributed by atoms with Crippen molar-refractivity contribution in [2.75, 3.05) is 70.3 Å². The zero-order valence-corrected chi connectivity index (χ0v) is 21.0. The van der Waals surface area contributed by atoms with Crippen LogP contribution in [-0.4, -0.2) is 89.4 Å². The second-order valence-electron chi connectivity index (χ2n) is 10.1. The molecule has 2 aromatic heterocycles. The molecule has 3 N–H and O–H groups in total. The van der Waals surface area contributed by atoms with E-state index >= 15 is 0 Å². The number of ether oxygens (including phenoxy) is 3. The van der Waals surface area contributed by atoms with Crippen LogP contribution >= 0.6 is 0 Å². The Hall–Kier alpha value is -3.25. The van der Waals surface area contributed by atoms with Crippen LogP contribution in [0.4, 0.5) is 11.5 Å². The van der Waals surface area contributed by atoms with Gasteiger partial charge in [-0.15, -0.1) is 0 Å². The molecule has 6 rings (SSSR count). The standard InChI is InChI=1S/C26H33N7O4/c1-31-4-2-20(3-5-31)33-15-22(13-29-33)37-25-24(27)28-14-23(30-25)18-10-19(26(34)16-36-17-26)12-21(11-18)32-6-8-35-9-7-32/h10-15,20,34H,2-9,16-17H2,1H3,(H2,27,28). The van der Waals surface area contributed by atoms with Gasteiger partial charge in [0.25, 0.3) is 5.88 Å². The van der Waals surface area contributed by atoms with E-state index in [9.17, 15) is 5.11 Å². The lowest BCUT2D eigenvalue weighted by Gasteiger charge is -2.38. The van der Waals surface area contributed by atoms with Gasteiger partial charge >= 0.3 is 0 Å². The number of nitrogens with zero attached hydrogens (tertiary/aromatic N) is 6. The van der Waals surface area contributed by atoms with Crippen molar-refractivity contribution in [2.24, 2.45) is 0 Å². The SMILES string of the molecule is CN1CCC(n2cc(Oc3nc(-c4cc(N5CCOCC5)cc(C5(O)COC5)c4)cnc3N)cn2)CC1. The van der Waals surface area contributed by atoms with Gasteiger partial charge in [-0.05, 0) is 56.7 Å². The molecule has 0 bridgehead atoms. The molecule has 196 valence electrons. The fourth-order valence-electron chi connectivity index (χ4n) is 5.03. The lowest BCUT2D eigenvalue weighted by atomic mass is 9.89. The molecular weight excluding hydrogens is 474 g/mol. The summed E-state index contributed by atoms with van der Waals surface area (Å²) in [6.07, 6.45) is 7.32. The largest absolute Gasteiger partial charge is 0.433 e. The summed E-state index contributed by atoms with van der Waals surface area (Å²) in [4.78, 5) is 13.7. The molecule has 0 unspecified atom stereocenters. The van der Waals surface area contributed by atoms with Crippen molar-refractivity contribution in [1.82, 2.24) is 24.6 Å². The van der Waals surface area contributed by atoms with Crippen molar-refractivity contribution in [3.05, 3.63) is 42.4 Å². The maximum absolute atomic E-state index is 11.0. The molecule has 0 aliphatic carbocycles. The van der Waals surface area contributed by atoms with Crippen molar-refractivity contribution < 1.29 is 19.3 Å². The minimum absolute atomic E-state index is 0.200. The maximum atomic E-state index is 11.0. The summed E-state index contributed by atoms with van der Waals surface area (Å²) >= 11 is 0. The summed E-state index contributed by atoms with van der Waals surface area (Å²) in [5, 5.41) is 15.6. The summed E-state index contributed by atoms with van der Waals surface area (Å²) in [5.74, 6) is 0.997. The van der Waals surface area contributed by atoms with Crippen LogP contribution in [0.2, 0.25) is 0 Å². The van der Waals surface area contributed by atoms with Crippen molar-refractivity contribution in [1.29, 1.82) is 0 Å². The first-order chi connectivity index (χ1) is 18.0. The quantitative estimate of drug-likeness (QED) is 0.512. The highest BCUT2D eigenvalue weighted by Gasteiger charge is 2.38. The fourth-order valence-corrected chi connectivity index (χ4v) is 5.03. The molecule has 3 fully saturated rings. The second kappa shape index (κ2) is 9.90. The molecule has 0 amide bonds. The van der Waals surface area contributed by atoms with E-state index in [2.05, 4.69) is 33.0 Å². The lowest BCUT2D eigenvalue weighted by molar-refractivity contribution is -0.184. The molecule has 3 saturated heterocycles. The van der Waals surface area contributed by atoms with E-state index < -0.39 is 5.60 Å². The first-order valence-corrected chi connectivity index (χ1v) is 12.8. The Morgan fingerprint density at radius 3 is 2.57 bits per heavy atom. The molecule has 0 atom stereocenters. The van der Waals surface area contributed by atoms with E-state index in [1.807, 2.05) is 23.0 Å². The molecule has 0 radical (unpaired) electrons. The molecule has 1 aromatic carbocycles. The summed E-state index contributed by atoms with van der Waals surface area (Å²) in [6.45, 7) is 5.52. The molecule has 0 spiro atoms. The zero-order chi connectivity index (χ0) is 25.4. The number of piperidine rings is 1. The maximum Gasteiger partial charge on any atom is 0.263 e. The normalized spacial score (nSPS) is 20.5. The van der Waals surface area contributed by atoms with Crippen LogP contribution in [0.15, 0.2) is 36.8 Å². The highest BCUT2D eigenvalue weighted by atomic mass is 16.5. The van der Waals surface area contributed by atoms with E-state index in [0.717, 1.165) is 55.8 Å². The van der Waals surface area contributed by atoms with E-state index in [0.29, 0.717) is 30.7 Å². The Balaban J connectivity index is 1.28. The number of aromatic nitrogens is 4. The average molecular weight is 508 g/mol. The third-order valence-electron chi connectivity index (χ3n) is 7.43. The zero-order valence-electron chi connectivity index (χ0n) is 21.0. The molecule has 11 nitrogen and oxygen atoms in total. The number of rotatable bonds is 6. The Bertz CT molecular complexity index is 1250. The van der Waals surface area contributed by atoms with Gasteiger partial charge in [-0.2, -0.15) is 5.10 Å².